The number of hydrogen-bond acceptors (Lipinski definition) is 4. The fourth-order valence-corrected chi connectivity index (χ4v) is 4.49. The molecule has 0 aliphatic heterocycles. The van der Waals surface area contributed by atoms with E-state index >= 15 is 0 Å². The third-order valence-corrected chi connectivity index (χ3v) is 6.23. The minimum Gasteiger partial charge on any atom is -0.332 e. The van der Waals surface area contributed by atoms with E-state index < -0.39 is 10.0 Å². The molecule has 6 nitrogen and oxygen atoms in total. The second kappa shape index (κ2) is 10.4. The first kappa shape index (κ1) is 23.4. The van der Waals surface area contributed by atoms with E-state index in [0.29, 0.717) is 24.2 Å². The van der Waals surface area contributed by atoms with Crippen LogP contribution in [0.15, 0.2) is 77.7 Å². The summed E-state index contributed by atoms with van der Waals surface area (Å²) in [5.74, 6) is -0.191. The van der Waals surface area contributed by atoms with Crippen LogP contribution >= 0.6 is 12.2 Å². The Morgan fingerprint density at radius 1 is 0.875 bits per heavy atom. The highest BCUT2D eigenvalue weighted by atomic mass is 32.2. The van der Waals surface area contributed by atoms with Crippen LogP contribution in [0.3, 0.4) is 0 Å². The highest BCUT2D eigenvalue weighted by Crippen LogP contribution is 2.20. The van der Waals surface area contributed by atoms with Crippen LogP contribution in [0.25, 0.3) is 0 Å². The molecule has 0 radical (unpaired) electrons. The van der Waals surface area contributed by atoms with Crippen molar-refractivity contribution in [3.05, 3.63) is 89.5 Å². The lowest BCUT2D eigenvalue weighted by Crippen LogP contribution is -2.34. The second-order valence-electron chi connectivity index (χ2n) is 7.49. The molecule has 0 aliphatic carbocycles. The van der Waals surface area contributed by atoms with Gasteiger partial charge in [0.05, 0.1) is 4.90 Å². The third kappa shape index (κ3) is 6.90. The molecule has 0 unspecified atom stereocenters. The van der Waals surface area contributed by atoms with Crippen LogP contribution in [0.5, 0.6) is 0 Å². The maximum atomic E-state index is 12.7. The fraction of sp³-hybridized carbons (Fsp3) is 0.167. The van der Waals surface area contributed by atoms with Crippen LogP contribution in [0.2, 0.25) is 0 Å². The Kier molecular flexibility index (Phi) is 7.61. The molecular weight excluding hydrogens is 442 g/mol. The second-order valence-corrected chi connectivity index (χ2v) is 9.58. The maximum absolute atomic E-state index is 12.7. The monoisotopic (exact) mass is 467 g/mol. The van der Waals surface area contributed by atoms with Gasteiger partial charge in [-0.05, 0) is 85.6 Å². The minimum absolute atomic E-state index is 0.125. The van der Waals surface area contributed by atoms with Gasteiger partial charge >= 0.3 is 0 Å². The summed E-state index contributed by atoms with van der Waals surface area (Å²) in [6.07, 6.45) is 0.933. The molecule has 0 saturated heterocycles. The summed E-state index contributed by atoms with van der Waals surface area (Å²) < 4.78 is 28.0. The van der Waals surface area contributed by atoms with Crippen LogP contribution in [-0.2, 0) is 21.2 Å². The van der Waals surface area contributed by atoms with Crippen LogP contribution in [0.1, 0.15) is 23.1 Å². The van der Waals surface area contributed by atoms with Crippen molar-refractivity contribution in [2.75, 3.05) is 10.0 Å². The summed E-state index contributed by atoms with van der Waals surface area (Å²) in [6.45, 7) is 3.82. The first-order valence-electron chi connectivity index (χ1n) is 10.1. The number of sulfonamides is 1. The standard InChI is InChI=1S/C24H25N3O3S2/c1-17-14-18(2)16-21(15-17)27-32(29,30)22-11-9-20(10-12-22)25-24(31)26-23(28)13-8-19-6-4-3-5-7-19/h3-7,9-12,14-16,27H,8,13H2,1-2H3,(H2,25,26,28,31). The fourth-order valence-electron chi connectivity index (χ4n) is 3.22. The van der Waals surface area contributed by atoms with Gasteiger partial charge in [-0.3, -0.25) is 9.52 Å². The molecule has 8 heteroatoms. The average molecular weight is 468 g/mol. The van der Waals surface area contributed by atoms with Crippen molar-refractivity contribution < 1.29 is 13.2 Å². The van der Waals surface area contributed by atoms with Crippen molar-refractivity contribution in [3.63, 3.8) is 0 Å². The average Bonchev–Trinajstić information content (AvgIpc) is 2.72. The molecule has 0 bridgehead atoms. The molecule has 0 saturated carbocycles. The van der Waals surface area contributed by atoms with E-state index in [-0.39, 0.29) is 15.9 Å². The molecule has 0 atom stereocenters. The molecule has 166 valence electrons. The molecule has 0 spiro atoms. The largest absolute Gasteiger partial charge is 0.332 e. The summed E-state index contributed by atoms with van der Waals surface area (Å²) in [7, 11) is -3.73. The number of thiocarbonyl (C=S) groups is 1. The van der Waals surface area contributed by atoms with Crippen LogP contribution < -0.4 is 15.4 Å². The number of carbonyl (C=O) groups excluding carboxylic acids is 1. The topological polar surface area (TPSA) is 87.3 Å². The molecular formula is C24H25N3O3S2. The normalized spacial score (nSPS) is 10.9. The molecule has 3 N–H and O–H groups in total. The van der Waals surface area contributed by atoms with Crippen molar-refractivity contribution in [2.24, 2.45) is 0 Å². The van der Waals surface area contributed by atoms with Crippen molar-refractivity contribution in [1.29, 1.82) is 0 Å². The van der Waals surface area contributed by atoms with Crippen molar-refractivity contribution in [3.8, 4) is 0 Å². The summed E-state index contributed by atoms with van der Waals surface area (Å²) in [5.41, 5.74) is 4.11. The molecule has 3 aromatic carbocycles. The lowest BCUT2D eigenvalue weighted by molar-refractivity contribution is -0.119. The van der Waals surface area contributed by atoms with E-state index in [9.17, 15) is 13.2 Å². The van der Waals surface area contributed by atoms with Crippen molar-refractivity contribution >= 4 is 44.6 Å². The summed E-state index contributed by atoms with van der Waals surface area (Å²) in [5, 5.41) is 5.70. The summed E-state index contributed by atoms with van der Waals surface area (Å²) >= 11 is 5.19. The maximum Gasteiger partial charge on any atom is 0.261 e. The number of nitrogens with one attached hydrogen (secondary N) is 3. The summed E-state index contributed by atoms with van der Waals surface area (Å²) in [4.78, 5) is 12.2. The number of carbonyl (C=O) groups is 1. The Morgan fingerprint density at radius 2 is 1.50 bits per heavy atom. The van der Waals surface area contributed by atoms with Gasteiger partial charge in [-0.2, -0.15) is 0 Å². The van der Waals surface area contributed by atoms with E-state index in [2.05, 4.69) is 15.4 Å². The van der Waals surface area contributed by atoms with Crippen molar-refractivity contribution in [2.45, 2.75) is 31.6 Å². The number of hydrogen-bond donors (Lipinski definition) is 3. The quantitative estimate of drug-likeness (QED) is 0.444. The predicted molar refractivity (Wildman–Crippen MR) is 132 cm³/mol. The van der Waals surface area contributed by atoms with Gasteiger partial charge in [0, 0.05) is 17.8 Å². The zero-order valence-corrected chi connectivity index (χ0v) is 19.5. The van der Waals surface area contributed by atoms with Gasteiger partial charge in [-0.25, -0.2) is 8.42 Å². The molecule has 3 rings (SSSR count). The lowest BCUT2D eigenvalue weighted by atomic mass is 10.1. The zero-order chi connectivity index (χ0) is 23.1. The predicted octanol–water partition coefficient (Wildman–Crippen LogP) is 4.55. The number of anilines is 2. The number of aryl methyl sites for hydroxylation is 3. The summed E-state index contributed by atoms with van der Waals surface area (Å²) in [6, 6.07) is 21.4. The van der Waals surface area contributed by atoms with Gasteiger partial charge in [-0.15, -0.1) is 0 Å². The Morgan fingerprint density at radius 3 is 2.12 bits per heavy atom. The van der Waals surface area contributed by atoms with Crippen LogP contribution in [-0.4, -0.2) is 19.4 Å². The van der Waals surface area contributed by atoms with Gasteiger partial charge in [0.2, 0.25) is 5.91 Å². The van der Waals surface area contributed by atoms with Gasteiger partial charge < -0.3 is 10.6 Å². The molecule has 1 amide bonds. The molecule has 0 aliphatic rings. The highest BCUT2D eigenvalue weighted by molar-refractivity contribution is 7.92. The number of rotatable bonds is 7. The Bertz CT molecular complexity index is 1190. The minimum atomic E-state index is -3.73. The molecule has 3 aromatic rings. The van der Waals surface area contributed by atoms with E-state index in [1.807, 2.05) is 50.2 Å². The first-order chi connectivity index (χ1) is 15.2. The lowest BCUT2D eigenvalue weighted by Gasteiger charge is -2.12. The van der Waals surface area contributed by atoms with E-state index in [1.54, 1.807) is 24.3 Å². The highest BCUT2D eigenvalue weighted by Gasteiger charge is 2.15. The van der Waals surface area contributed by atoms with E-state index in [4.69, 9.17) is 12.2 Å². The Balaban J connectivity index is 1.55. The zero-order valence-electron chi connectivity index (χ0n) is 17.9. The SMILES string of the molecule is Cc1cc(C)cc(NS(=O)(=O)c2ccc(NC(=S)NC(=O)CCc3ccccc3)cc2)c1. The third-order valence-electron chi connectivity index (χ3n) is 4.63. The van der Waals surface area contributed by atoms with Crippen LogP contribution in [0, 0.1) is 13.8 Å². The Hall–Kier alpha value is -3.23. The molecule has 0 aromatic heterocycles. The van der Waals surface area contributed by atoms with E-state index in [1.165, 1.54) is 12.1 Å². The molecule has 32 heavy (non-hydrogen) atoms. The van der Waals surface area contributed by atoms with Crippen molar-refractivity contribution in [1.82, 2.24) is 5.32 Å². The first-order valence-corrected chi connectivity index (χ1v) is 12.0. The van der Waals surface area contributed by atoms with Gasteiger partial charge in [0.15, 0.2) is 5.11 Å². The molecule has 0 fully saturated rings. The van der Waals surface area contributed by atoms with Gasteiger partial charge in [-0.1, -0.05) is 36.4 Å². The van der Waals surface area contributed by atoms with Gasteiger partial charge in [0.25, 0.3) is 10.0 Å². The smallest absolute Gasteiger partial charge is 0.261 e. The van der Waals surface area contributed by atoms with E-state index in [0.717, 1.165) is 16.7 Å². The van der Waals surface area contributed by atoms with Crippen LogP contribution in [0.4, 0.5) is 11.4 Å². The van der Waals surface area contributed by atoms with Gasteiger partial charge in [0.1, 0.15) is 0 Å². The number of amides is 1. The number of benzene rings is 3. The molecule has 0 heterocycles. The Labute approximate surface area is 194 Å².